The minimum absolute atomic E-state index is 0.197. The molecular weight excluding hydrogens is 410 g/mol. The van der Waals surface area contributed by atoms with Crippen molar-refractivity contribution in [2.24, 2.45) is 0 Å². The smallest absolute Gasteiger partial charge is 0.259 e. The Kier molecular flexibility index (Phi) is 5.44. The molecule has 3 aromatic carbocycles. The molecule has 0 aliphatic rings. The fourth-order valence-electron chi connectivity index (χ4n) is 3.27. The quantitative estimate of drug-likeness (QED) is 0.504. The third-order valence-electron chi connectivity index (χ3n) is 4.92. The summed E-state index contributed by atoms with van der Waals surface area (Å²) in [6.07, 6.45) is 2.85. The first-order valence-electron chi connectivity index (χ1n) is 9.65. The average Bonchev–Trinajstić information content (AvgIpc) is 3.20. The molecule has 0 saturated carbocycles. The zero-order valence-electron chi connectivity index (χ0n) is 17.1. The molecule has 4 aromatic rings. The number of amides is 1. The lowest BCUT2D eigenvalue weighted by atomic mass is 10.0. The van der Waals surface area contributed by atoms with E-state index in [-0.39, 0.29) is 10.8 Å². The minimum atomic E-state index is -3.30. The maximum Gasteiger partial charge on any atom is 0.259 e. The summed E-state index contributed by atoms with van der Waals surface area (Å²) in [4.78, 5) is 13.4. The zero-order chi connectivity index (χ0) is 22.0. The van der Waals surface area contributed by atoms with Gasteiger partial charge in [-0.25, -0.2) is 13.1 Å². The first-order valence-corrected chi connectivity index (χ1v) is 11.5. The number of hydrogen-bond acceptors (Lipinski definition) is 4. The van der Waals surface area contributed by atoms with Gasteiger partial charge in [-0.3, -0.25) is 4.79 Å². The highest BCUT2D eigenvalue weighted by molar-refractivity contribution is 7.90. The lowest BCUT2D eigenvalue weighted by Crippen LogP contribution is -2.12. The topological polar surface area (TPSA) is 81.1 Å². The first kappa shape index (κ1) is 20.6. The lowest BCUT2D eigenvalue weighted by Gasteiger charge is -2.08. The third kappa shape index (κ3) is 4.41. The fraction of sp³-hybridized carbons (Fsp3) is 0.0833. The van der Waals surface area contributed by atoms with Crippen molar-refractivity contribution in [3.63, 3.8) is 0 Å². The van der Waals surface area contributed by atoms with Crippen LogP contribution < -0.4 is 5.32 Å². The Labute approximate surface area is 181 Å². The summed E-state index contributed by atoms with van der Waals surface area (Å²) in [6.45, 7) is 1.97. The molecule has 1 amide bonds. The van der Waals surface area contributed by atoms with E-state index in [1.165, 1.54) is 12.1 Å². The number of hydrogen-bond donors (Lipinski definition) is 1. The third-order valence-corrected chi connectivity index (χ3v) is 6.05. The Bertz CT molecular complexity index is 1340. The summed E-state index contributed by atoms with van der Waals surface area (Å²) >= 11 is 0. The molecule has 6 nitrogen and oxygen atoms in total. The highest BCUT2D eigenvalue weighted by Gasteiger charge is 2.20. The second kappa shape index (κ2) is 8.20. The Morgan fingerprint density at radius 3 is 2.19 bits per heavy atom. The number of nitrogens with one attached hydrogen (secondary N) is 1. The molecule has 31 heavy (non-hydrogen) atoms. The van der Waals surface area contributed by atoms with Gasteiger partial charge < -0.3 is 5.32 Å². The summed E-state index contributed by atoms with van der Waals surface area (Å²) < 4.78 is 25.0. The Hall–Kier alpha value is -3.71. The van der Waals surface area contributed by atoms with Crippen molar-refractivity contribution in [3.05, 3.63) is 96.2 Å². The van der Waals surface area contributed by atoms with Gasteiger partial charge in [0.15, 0.2) is 9.84 Å². The van der Waals surface area contributed by atoms with Crippen LogP contribution in [0.4, 0.5) is 5.69 Å². The summed E-state index contributed by atoms with van der Waals surface area (Å²) in [6, 6.07) is 23.4. The molecule has 0 aliphatic carbocycles. The monoisotopic (exact) mass is 431 g/mol. The van der Waals surface area contributed by atoms with Gasteiger partial charge in [-0.1, -0.05) is 42.5 Å². The van der Waals surface area contributed by atoms with Crippen molar-refractivity contribution in [2.75, 3.05) is 11.6 Å². The summed E-state index contributed by atoms with van der Waals surface area (Å²) in [5.41, 5.74) is 4.22. The van der Waals surface area contributed by atoms with Crippen LogP contribution in [0.5, 0.6) is 0 Å². The highest BCUT2D eigenvalue weighted by atomic mass is 32.2. The van der Waals surface area contributed by atoms with Crippen molar-refractivity contribution in [1.29, 1.82) is 0 Å². The lowest BCUT2D eigenvalue weighted by molar-refractivity contribution is 0.102. The Morgan fingerprint density at radius 2 is 1.55 bits per heavy atom. The number of rotatable bonds is 5. The van der Waals surface area contributed by atoms with Gasteiger partial charge in [0.05, 0.1) is 16.1 Å². The van der Waals surface area contributed by atoms with Crippen LogP contribution >= 0.6 is 0 Å². The van der Waals surface area contributed by atoms with Gasteiger partial charge >= 0.3 is 0 Å². The van der Waals surface area contributed by atoms with Gasteiger partial charge in [-0.05, 0) is 48.9 Å². The molecular formula is C24H21N3O3S. The van der Waals surface area contributed by atoms with Crippen LogP contribution in [0.2, 0.25) is 0 Å². The average molecular weight is 432 g/mol. The number of nitrogens with zero attached hydrogens (tertiary/aromatic N) is 2. The van der Waals surface area contributed by atoms with E-state index >= 15 is 0 Å². The number of para-hydroxylation sites is 1. The summed E-state index contributed by atoms with van der Waals surface area (Å²) in [5.74, 6) is -0.326. The fourth-order valence-corrected chi connectivity index (χ4v) is 3.90. The van der Waals surface area contributed by atoms with Crippen LogP contribution in [0, 0.1) is 6.92 Å². The molecule has 7 heteroatoms. The van der Waals surface area contributed by atoms with Crippen LogP contribution in [-0.4, -0.2) is 30.4 Å². The summed E-state index contributed by atoms with van der Waals surface area (Å²) in [5, 5.41) is 7.54. The van der Waals surface area contributed by atoms with E-state index in [0.717, 1.165) is 23.1 Å². The largest absolute Gasteiger partial charge is 0.322 e. The highest BCUT2D eigenvalue weighted by Crippen LogP contribution is 2.27. The van der Waals surface area contributed by atoms with E-state index in [9.17, 15) is 13.2 Å². The number of aromatic nitrogens is 2. The second-order valence-electron chi connectivity index (χ2n) is 7.24. The van der Waals surface area contributed by atoms with Crippen LogP contribution in [0.15, 0.2) is 90.0 Å². The van der Waals surface area contributed by atoms with E-state index in [4.69, 9.17) is 5.10 Å². The Morgan fingerprint density at radius 1 is 0.903 bits per heavy atom. The summed E-state index contributed by atoms with van der Waals surface area (Å²) in [7, 11) is -3.30. The predicted octanol–water partition coefficient (Wildman–Crippen LogP) is 4.50. The van der Waals surface area contributed by atoms with Crippen molar-refractivity contribution >= 4 is 21.4 Å². The molecule has 1 heterocycles. The maximum absolute atomic E-state index is 13.2. The van der Waals surface area contributed by atoms with Crippen molar-refractivity contribution in [2.45, 2.75) is 11.8 Å². The molecule has 0 unspecified atom stereocenters. The normalized spacial score (nSPS) is 11.3. The van der Waals surface area contributed by atoms with Gasteiger partial charge in [0, 0.05) is 23.7 Å². The van der Waals surface area contributed by atoms with Gasteiger partial charge in [0.1, 0.15) is 5.69 Å². The second-order valence-corrected chi connectivity index (χ2v) is 9.25. The van der Waals surface area contributed by atoms with E-state index < -0.39 is 9.84 Å². The van der Waals surface area contributed by atoms with Gasteiger partial charge in [-0.2, -0.15) is 5.10 Å². The predicted molar refractivity (Wildman–Crippen MR) is 121 cm³/mol. The van der Waals surface area contributed by atoms with Gasteiger partial charge in [-0.15, -0.1) is 0 Å². The van der Waals surface area contributed by atoms with Crippen LogP contribution in [0.1, 0.15) is 15.9 Å². The SMILES string of the molecule is Cc1ccccc1-c1nn(-c2ccccc2)cc1C(=O)Nc1ccc(S(C)(=O)=O)cc1. The number of aryl methyl sites for hydroxylation is 1. The number of anilines is 1. The molecule has 0 fully saturated rings. The number of benzene rings is 3. The molecule has 0 bridgehead atoms. The van der Waals surface area contributed by atoms with Crippen molar-refractivity contribution in [1.82, 2.24) is 9.78 Å². The van der Waals surface area contributed by atoms with Crippen LogP contribution in [0.25, 0.3) is 16.9 Å². The molecule has 4 rings (SSSR count). The molecule has 0 aliphatic heterocycles. The van der Waals surface area contributed by atoms with E-state index in [1.54, 1.807) is 23.0 Å². The number of carbonyl (C=O) groups excluding carboxylic acids is 1. The Balaban J connectivity index is 1.73. The molecule has 0 saturated heterocycles. The number of sulfone groups is 1. The zero-order valence-corrected chi connectivity index (χ0v) is 17.9. The molecule has 0 spiro atoms. The maximum atomic E-state index is 13.2. The minimum Gasteiger partial charge on any atom is -0.322 e. The standard InChI is InChI=1S/C24H21N3O3S/c1-17-8-6-7-11-21(17)23-22(16-27(26-23)19-9-4-3-5-10-19)24(28)25-18-12-14-20(15-13-18)31(2,29)30/h3-16H,1-2H3,(H,25,28). The van der Waals surface area contributed by atoms with Gasteiger partial charge in [0.25, 0.3) is 5.91 Å². The number of carbonyl (C=O) groups is 1. The van der Waals surface area contributed by atoms with Crippen LogP contribution in [-0.2, 0) is 9.84 Å². The van der Waals surface area contributed by atoms with Crippen LogP contribution in [0.3, 0.4) is 0 Å². The first-order chi connectivity index (χ1) is 14.8. The van der Waals surface area contributed by atoms with E-state index in [0.29, 0.717) is 16.9 Å². The molecule has 0 radical (unpaired) electrons. The molecule has 0 atom stereocenters. The van der Waals surface area contributed by atoms with E-state index in [2.05, 4.69) is 5.32 Å². The van der Waals surface area contributed by atoms with Crippen molar-refractivity contribution < 1.29 is 13.2 Å². The molecule has 156 valence electrons. The molecule has 1 aromatic heterocycles. The van der Waals surface area contributed by atoms with E-state index in [1.807, 2.05) is 61.5 Å². The van der Waals surface area contributed by atoms with Crippen molar-refractivity contribution in [3.8, 4) is 16.9 Å². The molecule has 1 N–H and O–H groups in total. The van der Waals surface area contributed by atoms with Gasteiger partial charge in [0.2, 0.25) is 0 Å².